The molecule has 5 nitrogen and oxygen atoms in total. The van der Waals surface area contributed by atoms with Gasteiger partial charge >= 0.3 is 0 Å². The van der Waals surface area contributed by atoms with Crippen LogP contribution in [0.1, 0.15) is 45.8 Å². The Morgan fingerprint density at radius 3 is 2.59 bits per heavy atom. The Hall–Kier alpha value is -3.16. The second-order valence-corrected chi connectivity index (χ2v) is 9.47. The average Bonchev–Trinajstić information content (AvgIpc) is 3.23. The smallest absolute Gasteiger partial charge is 0.251 e. The Balaban J connectivity index is 1.66. The number of rotatable bonds is 7. The van der Waals surface area contributed by atoms with Crippen molar-refractivity contribution < 1.29 is 9.18 Å². The van der Waals surface area contributed by atoms with Crippen LogP contribution >= 0.6 is 23.4 Å². The Bertz CT molecular complexity index is 1320. The third kappa shape index (κ3) is 5.48. The molecule has 1 unspecified atom stereocenters. The largest absolute Gasteiger partial charge is 0.342 e. The van der Waals surface area contributed by atoms with Crippen molar-refractivity contribution in [3.8, 4) is 5.69 Å². The predicted octanol–water partition coefficient (Wildman–Crippen LogP) is 6.46. The number of amides is 1. The topological polar surface area (TPSA) is 59.8 Å². The summed E-state index contributed by atoms with van der Waals surface area (Å²) < 4.78 is 15.2. The lowest BCUT2D eigenvalue weighted by molar-refractivity contribution is 0.0938. The van der Waals surface area contributed by atoms with Crippen LogP contribution in [0.3, 0.4) is 0 Å². The van der Waals surface area contributed by atoms with Crippen molar-refractivity contribution in [3.63, 3.8) is 0 Å². The van der Waals surface area contributed by atoms with Crippen molar-refractivity contribution in [1.29, 1.82) is 0 Å². The van der Waals surface area contributed by atoms with Crippen molar-refractivity contribution >= 4 is 29.3 Å². The zero-order chi connectivity index (χ0) is 24.2. The summed E-state index contributed by atoms with van der Waals surface area (Å²) in [5.41, 5.74) is 4.60. The first-order chi connectivity index (χ1) is 16.3. The van der Waals surface area contributed by atoms with Gasteiger partial charge in [-0.1, -0.05) is 59.3 Å². The third-order valence-corrected chi connectivity index (χ3v) is 6.60. The van der Waals surface area contributed by atoms with E-state index in [0.29, 0.717) is 21.6 Å². The maximum absolute atomic E-state index is 13.2. The molecule has 4 rings (SSSR count). The number of halogens is 2. The van der Waals surface area contributed by atoms with E-state index < -0.39 is 11.9 Å². The molecule has 1 aromatic heterocycles. The number of aryl methyl sites for hydroxylation is 2. The van der Waals surface area contributed by atoms with Gasteiger partial charge in [-0.05, 0) is 68.3 Å². The van der Waals surface area contributed by atoms with E-state index in [4.69, 9.17) is 11.6 Å². The van der Waals surface area contributed by atoms with E-state index in [1.807, 2.05) is 42.7 Å². The highest BCUT2D eigenvalue weighted by molar-refractivity contribution is 7.98. The van der Waals surface area contributed by atoms with Crippen LogP contribution in [-0.2, 0) is 5.75 Å². The molecule has 0 aliphatic heterocycles. The van der Waals surface area contributed by atoms with Gasteiger partial charge in [-0.3, -0.25) is 9.36 Å². The van der Waals surface area contributed by atoms with Crippen molar-refractivity contribution in [2.75, 3.05) is 0 Å². The summed E-state index contributed by atoms with van der Waals surface area (Å²) in [6.07, 6.45) is 0. The maximum atomic E-state index is 13.2. The van der Waals surface area contributed by atoms with E-state index in [9.17, 15) is 9.18 Å². The molecular formula is C26H24ClFN4OS. The number of thioether (sulfide) groups is 1. The monoisotopic (exact) mass is 494 g/mol. The minimum atomic E-state index is -0.461. The van der Waals surface area contributed by atoms with Crippen LogP contribution in [0.15, 0.2) is 71.9 Å². The highest BCUT2D eigenvalue weighted by Crippen LogP contribution is 2.30. The molecule has 0 aliphatic carbocycles. The second kappa shape index (κ2) is 10.4. The fourth-order valence-corrected chi connectivity index (χ4v) is 4.66. The van der Waals surface area contributed by atoms with Crippen molar-refractivity contribution in [2.24, 2.45) is 0 Å². The summed E-state index contributed by atoms with van der Waals surface area (Å²) >= 11 is 7.89. The zero-order valence-electron chi connectivity index (χ0n) is 19.0. The summed E-state index contributed by atoms with van der Waals surface area (Å²) in [4.78, 5) is 12.7. The van der Waals surface area contributed by atoms with Crippen LogP contribution in [0, 0.1) is 19.7 Å². The lowest BCUT2D eigenvalue weighted by Crippen LogP contribution is -2.28. The summed E-state index contributed by atoms with van der Waals surface area (Å²) in [6.45, 7) is 5.90. The molecule has 0 fully saturated rings. The SMILES string of the molecule is Cc1cccc(CSc2nnc(C(C)NC(=O)c3ccc(F)cc3)n2-c2cc(Cl)ccc2C)c1. The lowest BCUT2D eigenvalue weighted by atomic mass is 10.1. The zero-order valence-corrected chi connectivity index (χ0v) is 20.6. The first-order valence-electron chi connectivity index (χ1n) is 10.8. The molecule has 0 radical (unpaired) electrons. The molecule has 0 spiro atoms. The van der Waals surface area contributed by atoms with Gasteiger partial charge in [0.1, 0.15) is 5.82 Å². The van der Waals surface area contributed by atoms with Gasteiger partial charge in [0.05, 0.1) is 11.7 Å². The fraction of sp³-hybridized carbons (Fsp3) is 0.192. The number of carbonyl (C=O) groups excluding carboxylic acids is 1. The molecule has 8 heteroatoms. The lowest BCUT2D eigenvalue weighted by Gasteiger charge is -2.18. The number of carbonyl (C=O) groups is 1. The van der Waals surface area contributed by atoms with Gasteiger partial charge in [-0.2, -0.15) is 0 Å². The van der Waals surface area contributed by atoms with E-state index in [2.05, 4.69) is 40.6 Å². The van der Waals surface area contributed by atoms with Crippen LogP contribution < -0.4 is 5.32 Å². The van der Waals surface area contributed by atoms with Crippen LogP contribution in [0.4, 0.5) is 4.39 Å². The number of benzene rings is 3. The van der Waals surface area contributed by atoms with Crippen LogP contribution in [-0.4, -0.2) is 20.7 Å². The normalized spacial score (nSPS) is 11.9. The molecule has 1 atom stereocenters. The maximum Gasteiger partial charge on any atom is 0.251 e. The summed E-state index contributed by atoms with van der Waals surface area (Å²) in [5.74, 6) is 0.581. The van der Waals surface area contributed by atoms with Crippen LogP contribution in [0.5, 0.6) is 0 Å². The molecule has 4 aromatic rings. The Kier molecular flexibility index (Phi) is 7.34. The first-order valence-corrected chi connectivity index (χ1v) is 12.1. The quantitative estimate of drug-likeness (QED) is 0.299. The highest BCUT2D eigenvalue weighted by atomic mass is 35.5. The van der Waals surface area contributed by atoms with Gasteiger partial charge < -0.3 is 5.32 Å². The summed E-state index contributed by atoms with van der Waals surface area (Å²) in [6, 6.07) is 18.9. The van der Waals surface area contributed by atoms with Gasteiger partial charge in [0.15, 0.2) is 11.0 Å². The number of nitrogens with one attached hydrogen (secondary N) is 1. The molecule has 0 saturated heterocycles. The molecular weight excluding hydrogens is 471 g/mol. The molecule has 0 aliphatic rings. The molecule has 0 bridgehead atoms. The van der Waals surface area contributed by atoms with E-state index in [1.54, 1.807) is 11.8 Å². The molecule has 1 heterocycles. The van der Waals surface area contributed by atoms with E-state index in [1.165, 1.54) is 35.4 Å². The highest BCUT2D eigenvalue weighted by Gasteiger charge is 2.23. The minimum absolute atomic E-state index is 0.321. The van der Waals surface area contributed by atoms with Gasteiger partial charge in [0.25, 0.3) is 5.91 Å². The van der Waals surface area contributed by atoms with Crippen molar-refractivity contribution in [3.05, 3.63) is 106 Å². The molecule has 3 aromatic carbocycles. The number of aromatic nitrogens is 3. The second-order valence-electron chi connectivity index (χ2n) is 8.09. The average molecular weight is 495 g/mol. The van der Waals surface area contributed by atoms with E-state index in [0.717, 1.165) is 17.0 Å². The van der Waals surface area contributed by atoms with Crippen LogP contribution in [0.2, 0.25) is 5.02 Å². The number of nitrogens with zero attached hydrogens (tertiary/aromatic N) is 3. The Morgan fingerprint density at radius 1 is 1.09 bits per heavy atom. The van der Waals surface area contributed by atoms with Gasteiger partial charge in [-0.25, -0.2) is 4.39 Å². The van der Waals surface area contributed by atoms with Crippen LogP contribution in [0.25, 0.3) is 5.69 Å². The van der Waals surface area contributed by atoms with Gasteiger partial charge in [-0.15, -0.1) is 10.2 Å². The predicted molar refractivity (Wildman–Crippen MR) is 134 cm³/mol. The van der Waals surface area contributed by atoms with Crippen molar-refractivity contribution in [2.45, 2.75) is 37.7 Å². The number of hydrogen-bond donors (Lipinski definition) is 1. The summed E-state index contributed by atoms with van der Waals surface area (Å²) in [7, 11) is 0. The molecule has 1 N–H and O–H groups in total. The Morgan fingerprint density at radius 2 is 1.85 bits per heavy atom. The summed E-state index contributed by atoms with van der Waals surface area (Å²) in [5, 5.41) is 13.1. The van der Waals surface area contributed by atoms with Gasteiger partial charge in [0, 0.05) is 16.3 Å². The Labute approximate surface area is 207 Å². The van der Waals surface area contributed by atoms with E-state index in [-0.39, 0.29) is 5.91 Å². The molecule has 1 amide bonds. The minimum Gasteiger partial charge on any atom is -0.342 e. The van der Waals surface area contributed by atoms with Crippen molar-refractivity contribution in [1.82, 2.24) is 20.1 Å². The third-order valence-electron chi connectivity index (χ3n) is 5.36. The molecule has 0 saturated carbocycles. The number of hydrogen-bond acceptors (Lipinski definition) is 4. The van der Waals surface area contributed by atoms with Gasteiger partial charge in [0.2, 0.25) is 0 Å². The first kappa shape index (κ1) is 24.0. The standard InChI is InChI=1S/C26H24ClFN4OS/c1-16-5-4-6-19(13-16)15-34-26-31-30-24(32(26)23-14-21(27)10-7-17(23)2)18(3)29-25(33)20-8-11-22(28)12-9-20/h4-14,18H,15H2,1-3H3,(H,29,33). The van der Waals surface area contributed by atoms with E-state index >= 15 is 0 Å². The molecule has 174 valence electrons. The fourth-order valence-electron chi connectivity index (χ4n) is 3.60. The molecule has 34 heavy (non-hydrogen) atoms.